The van der Waals surface area contributed by atoms with Crippen molar-refractivity contribution in [2.24, 2.45) is 5.92 Å². The number of hydrogen-bond acceptors (Lipinski definition) is 2. The molecule has 0 saturated heterocycles. The molecule has 1 N–H and O–H groups in total. The minimum atomic E-state index is -0.874. The molecular formula is C12H18O2. The number of ketones is 1. The van der Waals surface area contributed by atoms with E-state index >= 15 is 0 Å². The fourth-order valence-corrected chi connectivity index (χ4v) is 1.81. The molecule has 1 unspecified atom stereocenters. The van der Waals surface area contributed by atoms with Crippen LogP contribution in [-0.2, 0) is 4.79 Å². The number of Topliss-reactive ketones (excluding diaryl/α,β-unsaturated/α-hetero) is 1. The van der Waals surface area contributed by atoms with Gasteiger partial charge in [0.15, 0.2) is 5.78 Å². The Balaban J connectivity index is 2.61. The third-order valence-corrected chi connectivity index (χ3v) is 2.88. The molecular weight excluding hydrogens is 176 g/mol. The highest BCUT2D eigenvalue weighted by atomic mass is 16.3. The molecule has 2 nitrogen and oxygen atoms in total. The lowest BCUT2D eigenvalue weighted by Gasteiger charge is -2.23. The van der Waals surface area contributed by atoms with Gasteiger partial charge in [-0.2, -0.15) is 0 Å². The molecule has 0 amide bonds. The zero-order valence-electron chi connectivity index (χ0n) is 8.92. The summed E-state index contributed by atoms with van der Waals surface area (Å²) in [6, 6.07) is 0. The van der Waals surface area contributed by atoms with Crippen LogP contribution in [0.1, 0.15) is 33.1 Å². The van der Waals surface area contributed by atoms with Crippen molar-refractivity contribution in [1.29, 1.82) is 0 Å². The SMILES string of the molecule is C=C(C)[C@H]1CC=C(C(O)C(C)=O)CC1. The Kier molecular flexibility index (Phi) is 3.64. The molecule has 0 saturated carbocycles. The fourth-order valence-electron chi connectivity index (χ4n) is 1.81. The third-order valence-electron chi connectivity index (χ3n) is 2.88. The number of aliphatic hydroxyl groups is 1. The zero-order chi connectivity index (χ0) is 10.7. The van der Waals surface area contributed by atoms with Gasteiger partial charge < -0.3 is 5.11 Å². The molecule has 0 aromatic carbocycles. The molecule has 0 aromatic rings. The maximum Gasteiger partial charge on any atom is 0.162 e. The number of rotatable bonds is 3. The van der Waals surface area contributed by atoms with Crippen LogP contribution in [0.2, 0.25) is 0 Å². The Morgan fingerprint density at radius 1 is 1.64 bits per heavy atom. The van der Waals surface area contributed by atoms with E-state index < -0.39 is 6.10 Å². The van der Waals surface area contributed by atoms with Crippen LogP contribution in [0.25, 0.3) is 0 Å². The van der Waals surface area contributed by atoms with Gasteiger partial charge in [-0.1, -0.05) is 18.2 Å². The van der Waals surface area contributed by atoms with Crippen molar-refractivity contribution in [3.8, 4) is 0 Å². The topological polar surface area (TPSA) is 37.3 Å². The summed E-state index contributed by atoms with van der Waals surface area (Å²) in [5.41, 5.74) is 2.08. The average molecular weight is 194 g/mol. The van der Waals surface area contributed by atoms with E-state index in [0.29, 0.717) is 5.92 Å². The van der Waals surface area contributed by atoms with E-state index in [0.717, 1.165) is 24.8 Å². The normalized spacial score (nSPS) is 23.9. The summed E-state index contributed by atoms with van der Waals surface area (Å²) >= 11 is 0. The number of aliphatic hydroxyl groups excluding tert-OH is 1. The number of carbonyl (C=O) groups is 1. The molecule has 1 rings (SSSR count). The summed E-state index contributed by atoms with van der Waals surface area (Å²) in [6.07, 6.45) is 3.86. The fraction of sp³-hybridized carbons (Fsp3) is 0.583. The lowest BCUT2D eigenvalue weighted by Crippen LogP contribution is -2.22. The van der Waals surface area contributed by atoms with E-state index in [4.69, 9.17) is 0 Å². The molecule has 2 heteroatoms. The van der Waals surface area contributed by atoms with Crippen molar-refractivity contribution >= 4 is 5.78 Å². The van der Waals surface area contributed by atoms with Gasteiger partial charge in [0, 0.05) is 0 Å². The van der Waals surface area contributed by atoms with Gasteiger partial charge in [-0.05, 0) is 44.6 Å². The van der Waals surface area contributed by atoms with Crippen molar-refractivity contribution in [2.75, 3.05) is 0 Å². The average Bonchev–Trinajstić information content (AvgIpc) is 2.16. The molecule has 0 fully saturated rings. The summed E-state index contributed by atoms with van der Waals surface area (Å²) in [5, 5.41) is 9.54. The van der Waals surface area contributed by atoms with Crippen LogP contribution in [0, 0.1) is 5.92 Å². The van der Waals surface area contributed by atoms with Crippen molar-refractivity contribution in [1.82, 2.24) is 0 Å². The van der Waals surface area contributed by atoms with Crippen LogP contribution in [0.3, 0.4) is 0 Å². The second-order valence-electron chi connectivity index (χ2n) is 4.11. The third kappa shape index (κ3) is 2.55. The standard InChI is InChI=1S/C12H18O2/c1-8(2)10-4-6-11(7-5-10)12(14)9(3)13/h6,10,12,14H,1,4-5,7H2,2-3H3/t10-,12?/m0/s1. The first-order chi connectivity index (χ1) is 6.52. The van der Waals surface area contributed by atoms with Gasteiger partial charge >= 0.3 is 0 Å². The van der Waals surface area contributed by atoms with Crippen LogP contribution in [-0.4, -0.2) is 17.0 Å². The molecule has 78 valence electrons. The van der Waals surface area contributed by atoms with Crippen LogP contribution >= 0.6 is 0 Å². The lowest BCUT2D eigenvalue weighted by atomic mass is 9.83. The molecule has 14 heavy (non-hydrogen) atoms. The molecule has 1 aliphatic carbocycles. The van der Waals surface area contributed by atoms with Crippen LogP contribution < -0.4 is 0 Å². The lowest BCUT2D eigenvalue weighted by molar-refractivity contribution is -0.123. The molecule has 0 spiro atoms. The molecule has 0 aromatic heterocycles. The summed E-state index contributed by atoms with van der Waals surface area (Å²) in [6.45, 7) is 7.38. The number of allylic oxidation sites excluding steroid dienone is 2. The Hall–Kier alpha value is -0.890. The summed E-state index contributed by atoms with van der Waals surface area (Å²) in [7, 11) is 0. The Morgan fingerprint density at radius 2 is 2.29 bits per heavy atom. The Morgan fingerprint density at radius 3 is 2.64 bits per heavy atom. The minimum Gasteiger partial charge on any atom is -0.381 e. The highest BCUT2D eigenvalue weighted by Crippen LogP contribution is 2.29. The molecule has 2 atom stereocenters. The van der Waals surface area contributed by atoms with Crippen molar-refractivity contribution < 1.29 is 9.90 Å². The van der Waals surface area contributed by atoms with Gasteiger partial charge in [-0.3, -0.25) is 4.79 Å². The van der Waals surface area contributed by atoms with Gasteiger partial charge in [-0.15, -0.1) is 0 Å². The molecule has 0 radical (unpaired) electrons. The highest BCUT2D eigenvalue weighted by Gasteiger charge is 2.21. The molecule has 0 bridgehead atoms. The van der Waals surface area contributed by atoms with Gasteiger partial charge in [0.1, 0.15) is 6.10 Å². The van der Waals surface area contributed by atoms with Crippen molar-refractivity contribution in [3.63, 3.8) is 0 Å². The van der Waals surface area contributed by atoms with Crippen LogP contribution in [0.15, 0.2) is 23.8 Å². The Labute approximate surface area is 85.3 Å². The first-order valence-corrected chi connectivity index (χ1v) is 5.05. The zero-order valence-corrected chi connectivity index (χ0v) is 8.92. The maximum atomic E-state index is 10.9. The smallest absolute Gasteiger partial charge is 0.162 e. The maximum absolute atomic E-state index is 10.9. The predicted molar refractivity (Wildman–Crippen MR) is 56.9 cm³/mol. The van der Waals surface area contributed by atoms with Crippen molar-refractivity contribution in [2.45, 2.75) is 39.2 Å². The van der Waals surface area contributed by atoms with Gasteiger partial charge in [-0.25, -0.2) is 0 Å². The second-order valence-corrected chi connectivity index (χ2v) is 4.11. The van der Waals surface area contributed by atoms with E-state index in [1.54, 1.807) is 0 Å². The second kappa shape index (κ2) is 4.56. The van der Waals surface area contributed by atoms with E-state index in [-0.39, 0.29) is 5.78 Å². The highest BCUT2D eigenvalue weighted by molar-refractivity contribution is 5.83. The first kappa shape index (κ1) is 11.2. The number of carbonyl (C=O) groups excluding carboxylic acids is 1. The molecule has 1 aliphatic rings. The summed E-state index contributed by atoms with van der Waals surface area (Å²) in [5.74, 6) is 0.364. The van der Waals surface area contributed by atoms with Gasteiger partial charge in [0.25, 0.3) is 0 Å². The Bertz CT molecular complexity index is 276. The monoisotopic (exact) mass is 194 g/mol. The van der Waals surface area contributed by atoms with E-state index in [2.05, 4.69) is 6.58 Å². The van der Waals surface area contributed by atoms with E-state index in [1.807, 2.05) is 13.0 Å². The predicted octanol–water partition coefficient (Wildman–Crippen LogP) is 2.24. The molecule has 0 heterocycles. The largest absolute Gasteiger partial charge is 0.381 e. The van der Waals surface area contributed by atoms with Gasteiger partial charge in [0.05, 0.1) is 0 Å². The van der Waals surface area contributed by atoms with Gasteiger partial charge in [0.2, 0.25) is 0 Å². The first-order valence-electron chi connectivity index (χ1n) is 5.05. The van der Waals surface area contributed by atoms with Crippen molar-refractivity contribution in [3.05, 3.63) is 23.8 Å². The quantitative estimate of drug-likeness (QED) is 0.699. The molecule has 0 aliphatic heterocycles. The van der Waals surface area contributed by atoms with E-state index in [9.17, 15) is 9.90 Å². The van der Waals surface area contributed by atoms with E-state index in [1.165, 1.54) is 12.5 Å². The summed E-state index contributed by atoms with van der Waals surface area (Å²) in [4.78, 5) is 10.9. The van der Waals surface area contributed by atoms with Crippen LogP contribution in [0.4, 0.5) is 0 Å². The summed E-state index contributed by atoms with van der Waals surface area (Å²) < 4.78 is 0. The number of hydrogen-bond donors (Lipinski definition) is 1. The van der Waals surface area contributed by atoms with Crippen LogP contribution in [0.5, 0.6) is 0 Å². The minimum absolute atomic E-state index is 0.162.